The molecule has 226 valence electrons. The number of carbonyl (C=O) groups is 3. The Morgan fingerprint density at radius 3 is 1.36 bits per heavy atom. The Bertz CT molecular complexity index is 669. The van der Waals surface area contributed by atoms with E-state index in [1.807, 2.05) is 13.8 Å². The third-order valence-electron chi connectivity index (χ3n) is 8.79. The molecule has 0 aromatic rings. The van der Waals surface area contributed by atoms with Crippen LogP contribution < -0.4 is 10.6 Å². The van der Waals surface area contributed by atoms with Gasteiger partial charge >= 0.3 is 11.9 Å². The Morgan fingerprint density at radius 1 is 0.667 bits per heavy atom. The van der Waals surface area contributed by atoms with E-state index in [4.69, 9.17) is 9.47 Å². The number of hydrogen-bond acceptors (Lipinski definition) is 7. The molecule has 8 nitrogen and oxygen atoms in total. The van der Waals surface area contributed by atoms with Crippen molar-refractivity contribution in [1.29, 1.82) is 0 Å². The molecule has 0 unspecified atom stereocenters. The van der Waals surface area contributed by atoms with Crippen LogP contribution in [0.3, 0.4) is 0 Å². The molecule has 0 aromatic carbocycles. The monoisotopic (exact) mass is 551 g/mol. The third kappa shape index (κ3) is 11.0. The van der Waals surface area contributed by atoms with Gasteiger partial charge in [0.1, 0.15) is 0 Å². The van der Waals surface area contributed by atoms with Crippen LogP contribution in [0.25, 0.3) is 0 Å². The van der Waals surface area contributed by atoms with E-state index in [1.54, 1.807) is 0 Å². The van der Waals surface area contributed by atoms with Gasteiger partial charge in [-0.15, -0.1) is 0 Å². The second-order valence-electron chi connectivity index (χ2n) is 11.3. The summed E-state index contributed by atoms with van der Waals surface area (Å²) in [5.74, 6) is 1.13. The second kappa shape index (κ2) is 18.6. The molecular weight excluding hydrogens is 494 g/mol. The number of fused-ring (bicyclic) bond motifs is 3. The highest BCUT2D eigenvalue weighted by molar-refractivity contribution is 5.80. The maximum atomic E-state index is 11.5. The molecular formula is C31H57N3O5. The van der Waals surface area contributed by atoms with Gasteiger partial charge < -0.3 is 25.0 Å². The minimum atomic E-state index is 0.00227. The van der Waals surface area contributed by atoms with Crippen molar-refractivity contribution in [2.45, 2.75) is 130 Å². The Labute approximate surface area is 237 Å². The average Bonchev–Trinajstić information content (AvgIpc) is 2.96. The molecule has 0 atom stereocenters. The fraction of sp³-hybridized carbons (Fsp3) is 0.903. The van der Waals surface area contributed by atoms with Gasteiger partial charge in [0.15, 0.2) is 0 Å². The molecule has 3 saturated carbocycles. The van der Waals surface area contributed by atoms with Crippen LogP contribution in [0.4, 0.5) is 0 Å². The van der Waals surface area contributed by atoms with Gasteiger partial charge in [0, 0.05) is 30.6 Å². The summed E-state index contributed by atoms with van der Waals surface area (Å²) in [6.07, 6.45) is 13.2. The first-order valence-electron chi connectivity index (χ1n) is 16.0. The van der Waals surface area contributed by atoms with Crippen LogP contribution in [0.2, 0.25) is 0 Å². The van der Waals surface area contributed by atoms with Crippen molar-refractivity contribution in [3.05, 3.63) is 0 Å². The van der Waals surface area contributed by atoms with Crippen molar-refractivity contribution in [2.24, 2.45) is 17.8 Å². The zero-order valence-electron chi connectivity index (χ0n) is 25.5. The van der Waals surface area contributed by atoms with Crippen molar-refractivity contribution >= 4 is 17.8 Å². The first-order chi connectivity index (χ1) is 18.9. The van der Waals surface area contributed by atoms with Crippen molar-refractivity contribution < 1.29 is 23.9 Å². The van der Waals surface area contributed by atoms with Gasteiger partial charge in [-0.1, -0.05) is 13.8 Å². The van der Waals surface area contributed by atoms with E-state index in [0.717, 1.165) is 83.8 Å². The molecule has 2 bridgehead atoms. The number of carbonyl (C=O) groups excluding carboxylic acids is 3. The number of rotatable bonds is 9. The summed E-state index contributed by atoms with van der Waals surface area (Å²) >= 11 is 0. The normalized spacial score (nSPS) is 29.9. The quantitative estimate of drug-likeness (QED) is 0.396. The number of amides is 1. The lowest BCUT2D eigenvalue weighted by Gasteiger charge is -2.44. The number of esters is 2. The van der Waals surface area contributed by atoms with E-state index in [0.29, 0.717) is 43.2 Å². The van der Waals surface area contributed by atoms with E-state index >= 15 is 0 Å². The molecule has 2 aliphatic heterocycles. The van der Waals surface area contributed by atoms with Gasteiger partial charge in [0.2, 0.25) is 5.91 Å². The summed E-state index contributed by atoms with van der Waals surface area (Å²) in [5.41, 5.74) is 0. The van der Waals surface area contributed by atoms with Gasteiger partial charge in [-0.2, -0.15) is 0 Å². The fourth-order valence-electron chi connectivity index (χ4n) is 6.63. The number of piperidine rings is 2. The molecule has 0 spiro atoms. The minimum Gasteiger partial charge on any atom is -0.466 e. The van der Waals surface area contributed by atoms with Crippen molar-refractivity contribution in [3.63, 3.8) is 0 Å². The lowest BCUT2D eigenvalue weighted by molar-refractivity contribution is -0.150. The first-order valence-corrected chi connectivity index (χ1v) is 16.0. The first kappa shape index (κ1) is 33.5. The maximum absolute atomic E-state index is 11.5. The number of nitrogens with one attached hydrogen (secondary N) is 2. The summed E-state index contributed by atoms with van der Waals surface area (Å²) in [5, 5.41) is 6.85. The fourth-order valence-corrected chi connectivity index (χ4v) is 6.63. The molecule has 1 amide bonds. The Morgan fingerprint density at radius 2 is 1.08 bits per heavy atom. The van der Waals surface area contributed by atoms with Gasteiger partial charge in [-0.05, 0) is 111 Å². The molecule has 0 aromatic heterocycles. The van der Waals surface area contributed by atoms with E-state index in [1.165, 1.54) is 12.8 Å². The number of hydrogen-bond donors (Lipinski definition) is 2. The van der Waals surface area contributed by atoms with Gasteiger partial charge in [0.25, 0.3) is 0 Å². The van der Waals surface area contributed by atoms with E-state index in [-0.39, 0.29) is 23.8 Å². The van der Waals surface area contributed by atoms with Crippen molar-refractivity contribution in [2.75, 3.05) is 32.8 Å². The predicted molar refractivity (Wildman–Crippen MR) is 155 cm³/mol. The Balaban J connectivity index is 0.000000206. The second-order valence-corrected chi connectivity index (χ2v) is 11.3. The Kier molecular flexibility index (Phi) is 16.0. The SMILES string of the molecule is CCN1C(=O)C2CCC1CC2.CCNC1CCC(C(=O)OCC)CC1.CCNC1CCC(C(=O)OCC)CC1. The van der Waals surface area contributed by atoms with Crippen LogP contribution in [0.5, 0.6) is 0 Å². The lowest BCUT2D eigenvalue weighted by Crippen LogP contribution is -2.51. The van der Waals surface area contributed by atoms with Crippen LogP contribution in [0.1, 0.15) is 112 Å². The molecule has 5 aliphatic rings. The highest BCUT2D eigenvalue weighted by Crippen LogP contribution is 2.35. The number of nitrogens with zero attached hydrogens (tertiary/aromatic N) is 1. The van der Waals surface area contributed by atoms with Gasteiger partial charge in [0.05, 0.1) is 25.0 Å². The molecule has 0 radical (unpaired) electrons. The topological polar surface area (TPSA) is 97.0 Å². The zero-order chi connectivity index (χ0) is 28.6. The number of ether oxygens (including phenoxy) is 2. The summed E-state index contributed by atoms with van der Waals surface area (Å²) in [6.45, 7) is 14.0. The zero-order valence-corrected chi connectivity index (χ0v) is 25.5. The maximum Gasteiger partial charge on any atom is 0.308 e. The predicted octanol–water partition coefficient (Wildman–Crippen LogP) is 4.84. The molecule has 8 heteroatoms. The van der Waals surface area contributed by atoms with E-state index < -0.39 is 0 Å². The van der Waals surface area contributed by atoms with E-state index in [9.17, 15) is 14.4 Å². The highest BCUT2D eigenvalue weighted by Gasteiger charge is 2.39. The summed E-state index contributed by atoms with van der Waals surface area (Å²) in [6, 6.07) is 1.83. The smallest absolute Gasteiger partial charge is 0.308 e. The summed E-state index contributed by atoms with van der Waals surface area (Å²) in [4.78, 5) is 36.5. The van der Waals surface area contributed by atoms with Crippen molar-refractivity contribution in [3.8, 4) is 0 Å². The standard InChI is InChI=1S/2C11H21NO2.C9H15NO/c2*1-3-12-10-7-5-9(6-8-10)11(13)14-4-2;1-2-10-8-5-3-7(4-6-8)9(10)11/h2*9-10,12H,3-8H2,1-2H3;7-8H,2-6H2,1H3. The largest absolute Gasteiger partial charge is 0.466 e. The van der Waals surface area contributed by atoms with Crippen LogP contribution >= 0.6 is 0 Å². The molecule has 2 saturated heterocycles. The molecule has 5 rings (SSSR count). The van der Waals surface area contributed by atoms with Crippen LogP contribution in [-0.4, -0.2) is 73.7 Å². The molecule has 5 fully saturated rings. The average molecular weight is 552 g/mol. The lowest BCUT2D eigenvalue weighted by atomic mass is 9.79. The summed E-state index contributed by atoms with van der Waals surface area (Å²) in [7, 11) is 0. The third-order valence-corrected chi connectivity index (χ3v) is 8.79. The van der Waals surface area contributed by atoms with E-state index in [2.05, 4.69) is 36.3 Å². The molecule has 2 N–H and O–H groups in total. The van der Waals surface area contributed by atoms with Crippen LogP contribution in [-0.2, 0) is 23.9 Å². The summed E-state index contributed by atoms with van der Waals surface area (Å²) < 4.78 is 10.0. The molecule has 39 heavy (non-hydrogen) atoms. The van der Waals surface area contributed by atoms with Crippen LogP contribution in [0.15, 0.2) is 0 Å². The van der Waals surface area contributed by atoms with Gasteiger partial charge in [-0.3, -0.25) is 14.4 Å². The molecule has 2 heterocycles. The van der Waals surface area contributed by atoms with Gasteiger partial charge in [-0.25, -0.2) is 0 Å². The highest BCUT2D eigenvalue weighted by atomic mass is 16.5. The Hall–Kier alpha value is -1.67. The van der Waals surface area contributed by atoms with Crippen molar-refractivity contribution in [1.82, 2.24) is 15.5 Å². The molecule has 3 aliphatic carbocycles. The minimum absolute atomic E-state index is 0.00227. The van der Waals surface area contributed by atoms with Crippen LogP contribution in [0, 0.1) is 17.8 Å².